The Morgan fingerprint density at radius 1 is 1.33 bits per heavy atom. The molecule has 18 heavy (non-hydrogen) atoms. The average Bonchev–Trinajstić information content (AvgIpc) is 2.85. The first kappa shape index (κ1) is 13.2. The fourth-order valence-corrected chi connectivity index (χ4v) is 2.64. The Hall–Kier alpha value is -1.26. The number of aryl methyl sites for hydroxylation is 1. The highest BCUT2D eigenvalue weighted by Gasteiger charge is 2.06. The number of nitrogens with zero attached hydrogens (tertiary/aromatic N) is 2. The van der Waals surface area contributed by atoms with E-state index in [-0.39, 0.29) is 6.04 Å². The van der Waals surface area contributed by atoms with Crippen LogP contribution in [0.1, 0.15) is 12.5 Å². The Morgan fingerprint density at radius 3 is 2.78 bits per heavy atom. The number of benzene rings is 1. The second kappa shape index (κ2) is 6.61. The van der Waals surface area contributed by atoms with E-state index in [1.165, 1.54) is 10.5 Å². The first-order chi connectivity index (χ1) is 8.78. The van der Waals surface area contributed by atoms with Crippen LogP contribution in [0.4, 0.5) is 0 Å². The van der Waals surface area contributed by atoms with Gasteiger partial charge in [-0.3, -0.25) is 4.68 Å². The molecule has 4 heteroatoms. The van der Waals surface area contributed by atoms with Gasteiger partial charge in [0.25, 0.3) is 0 Å². The van der Waals surface area contributed by atoms with Gasteiger partial charge in [-0.2, -0.15) is 5.10 Å². The lowest BCUT2D eigenvalue weighted by Crippen LogP contribution is -2.25. The summed E-state index contributed by atoms with van der Waals surface area (Å²) in [6, 6.07) is 10.5. The highest BCUT2D eigenvalue weighted by Crippen LogP contribution is 2.18. The molecule has 0 radical (unpaired) electrons. The quantitative estimate of drug-likeness (QED) is 0.813. The normalized spacial score (nSPS) is 12.6. The molecule has 0 saturated carbocycles. The molecule has 0 aliphatic rings. The number of rotatable bonds is 6. The Kier molecular flexibility index (Phi) is 4.84. The summed E-state index contributed by atoms with van der Waals surface area (Å²) in [5.41, 5.74) is 7.37. The number of aromatic nitrogens is 2. The van der Waals surface area contributed by atoms with Gasteiger partial charge in [0.1, 0.15) is 0 Å². The van der Waals surface area contributed by atoms with Crippen molar-refractivity contribution < 1.29 is 0 Å². The minimum Gasteiger partial charge on any atom is -0.327 e. The fourth-order valence-electron chi connectivity index (χ4n) is 1.77. The van der Waals surface area contributed by atoms with E-state index < -0.39 is 0 Å². The summed E-state index contributed by atoms with van der Waals surface area (Å²) in [6.07, 6.45) is 4.88. The zero-order valence-electron chi connectivity index (χ0n) is 10.6. The molecule has 1 atom stereocenters. The highest BCUT2D eigenvalue weighted by molar-refractivity contribution is 7.99. The Labute approximate surface area is 112 Å². The van der Waals surface area contributed by atoms with Crippen LogP contribution in [0, 0.1) is 0 Å². The van der Waals surface area contributed by atoms with Crippen LogP contribution in [0.3, 0.4) is 0 Å². The zero-order chi connectivity index (χ0) is 12.8. The summed E-state index contributed by atoms with van der Waals surface area (Å²) in [4.78, 5) is 1.28. The molecule has 1 unspecified atom stereocenters. The summed E-state index contributed by atoms with van der Waals surface area (Å²) < 4.78 is 1.94. The van der Waals surface area contributed by atoms with Gasteiger partial charge in [0.15, 0.2) is 0 Å². The monoisotopic (exact) mass is 261 g/mol. The van der Waals surface area contributed by atoms with Crippen molar-refractivity contribution in [2.24, 2.45) is 5.73 Å². The third kappa shape index (κ3) is 3.89. The Balaban J connectivity index is 1.80. The van der Waals surface area contributed by atoms with E-state index in [0.717, 1.165) is 18.7 Å². The van der Waals surface area contributed by atoms with E-state index >= 15 is 0 Å². The van der Waals surface area contributed by atoms with Crippen LogP contribution in [0.5, 0.6) is 0 Å². The third-order valence-electron chi connectivity index (χ3n) is 2.72. The Bertz CT molecular complexity index is 467. The maximum atomic E-state index is 6.15. The molecule has 1 heterocycles. The SMILES string of the molecule is CCn1cc(CC(N)CSc2ccccc2)cn1. The first-order valence-electron chi connectivity index (χ1n) is 6.22. The van der Waals surface area contributed by atoms with Crippen molar-refractivity contribution in [3.05, 3.63) is 48.3 Å². The molecular weight excluding hydrogens is 242 g/mol. The largest absolute Gasteiger partial charge is 0.327 e. The maximum absolute atomic E-state index is 6.15. The second-order valence-corrected chi connectivity index (χ2v) is 5.39. The van der Waals surface area contributed by atoms with Crippen LogP contribution >= 0.6 is 11.8 Å². The van der Waals surface area contributed by atoms with Gasteiger partial charge in [-0.25, -0.2) is 0 Å². The van der Waals surface area contributed by atoms with E-state index in [0.29, 0.717) is 0 Å². The summed E-state index contributed by atoms with van der Waals surface area (Å²) in [5, 5.41) is 4.26. The molecule has 0 amide bonds. The van der Waals surface area contributed by atoms with Crippen molar-refractivity contribution in [3.63, 3.8) is 0 Å². The molecule has 2 N–H and O–H groups in total. The van der Waals surface area contributed by atoms with Crippen molar-refractivity contribution in [1.29, 1.82) is 0 Å². The van der Waals surface area contributed by atoms with Crippen LogP contribution in [-0.2, 0) is 13.0 Å². The second-order valence-electron chi connectivity index (χ2n) is 4.29. The predicted octanol–water partition coefficient (Wildman–Crippen LogP) is 2.57. The van der Waals surface area contributed by atoms with Crippen LogP contribution in [0.2, 0.25) is 0 Å². The van der Waals surface area contributed by atoms with Gasteiger partial charge in [-0.1, -0.05) is 18.2 Å². The molecule has 2 aromatic rings. The van der Waals surface area contributed by atoms with Gasteiger partial charge in [0, 0.05) is 29.4 Å². The average molecular weight is 261 g/mol. The van der Waals surface area contributed by atoms with Gasteiger partial charge in [0.2, 0.25) is 0 Å². The van der Waals surface area contributed by atoms with E-state index in [1.54, 1.807) is 0 Å². The molecule has 96 valence electrons. The smallest absolute Gasteiger partial charge is 0.0522 e. The van der Waals surface area contributed by atoms with Crippen molar-refractivity contribution in [2.75, 3.05) is 5.75 Å². The summed E-state index contributed by atoms with van der Waals surface area (Å²) in [5.74, 6) is 0.932. The van der Waals surface area contributed by atoms with Gasteiger partial charge < -0.3 is 5.73 Å². The minimum atomic E-state index is 0.171. The van der Waals surface area contributed by atoms with Gasteiger partial charge in [-0.05, 0) is 31.0 Å². The van der Waals surface area contributed by atoms with Crippen molar-refractivity contribution in [3.8, 4) is 0 Å². The third-order valence-corrected chi connectivity index (χ3v) is 3.92. The highest BCUT2D eigenvalue weighted by atomic mass is 32.2. The van der Waals surface area contributed by atoms with Crippen LogP contribution in [0.15, 0.2) is 47.6 Å². The lowest BCUT2D eigenvalue weighted by atomic mass is 10.1. The molecule has 0 spiro atoms. The molecule has 1 aromatic carbocycles. The molecular formula is C14H19N3S. The summed E-state index contributed by atoms with van der Waals surface area (Å²) in [6.45, 7) is 3.00. The van der Waals surface area contributed by atoms with E-state index in [9.17, 15) is 0 Å². The standard InChI is InChI=1S/C14H19N3S/c1-2-17-10-12(9-16-17)8-13(15)11-18-14-6-4-3-5-7-14/h3-7,9-10,13H,2,8,11,15H2,1H3. The lowest BCUT2D eigenvalue weighted by Gasteiger charge is -2.09. The number of nitrogens with two attached hydrogens (primary N) is 1. The number of hydrogen-bond acceptors (Lipinski definition) is 3. The van der Waals surface area contributed by atoms with Crippen molar-refractivity contribution >= 4 is 11.8 Å². The van der Waals surface area contributed by atoms with E-state index in [2.05, 4.69) is 42.5 Å². The van der Waals surface area contributed by atoms with Crippen molar-refractivity contribution in [1.82, 2.24) is 9.78 Å². The van der Waals surface area contributed by atoms with Crippen LogP contribution in [0.25, 0.3) is 0 Å². The van der Waals surface area contributed by atoms with Crippen molar-refractivity contribution in [2.45, 2.75) is 30.8 Å². The lowest BCUT2D eigenvalue weighted by molar-refractivity contribution is 0.658. The fraction of sp³-hybridized carbons (Fsp3) is 0.357. The minimum absolute atomic E-state index is 0.171. The molecule has 2 rings (SSSR count). The predicted molar refractivity (Wildman–Crippen MR) is 76.7 cm³/mol. The molecule has 0 fully saturated rings. The topological polar surface area (TPSA) is 43.8 Å². The van der Waals surface area contributed by atoms with Gasteiger partial charge in [0.05, 0.1) is 6.20 Å². The number of hydrogen-bond donors (Lipinski definition) is 1. The van der Waals surface area contributed by atoms with Gasteiger partial charge in [-0.15, -0.1) is 11.8 Å². The first-order valence-corrected chi connectivity index (χ1v) is 7.21. The molecule has 0 aliphatic carbocycles. The summed E-state index contributed by atoms with van der Waals surface area (Å²) >= 11 is 1.81. The Morgan fingerprint density at radius 2 is 2.11 bits per heavy atom. The maximum Gasteiger partial charge on any atom is 0.0522 e. The molecule has 3 nitrogen and oxygen atoms in total. The van der Waals surface area contributed by atoms with E-state index in [1.807, 2.05) is 28.7 Å². The number of thioether (sulfide) groups is 1. The molecule has 1 aromatic heterocycles. The molecule has 0 saturated heterocycles. The molecule has 0 aliphatic heterocycles. The van der Waals surface area contributed by atoms with Crippen LogP contribution in [-0.4, -0.2) is 21.6 Å². The van der Waals surface area contributed by atoms with E-state index in [4.69, 9.17) is 5.73 Å². The van der Waals surface area contributed by atoms with Crippen LogP contribution < -0.4 is 5.73 Å². The molecule has 0 bridgehead atoms. The zero-order valence-corrected chi connectivity index (χ0v) is 11.4. The summed E-state index contributed by atoms with van der Waals surface area (Å²) in [7, 11) is 0. The van der Waals surface area contributed by atoms with Gasteiger partial charge >= 0.3 is 0 Å².